The van der Waals surface area contributed by atoms with E-state index in [1.165, 1.54) is 0 Å². The molecule has 2 aliphatic rings. The molecular weight excluding hydrogens is 192 g/mol. The van der Waals surface area contributed by atoms with Crippen LogP contribution in [0, 0.1) is 5.92 Å². The summed E-state index contributed by atoms with van der Waals surface area (Å²) < 4.78 is 17.5. The lowest BCUT2D eigenvalue weighted by atomic mass is 9.85. The number of fused-ring (bicyclic) bond motifs is 1. The van der Waals surface area contributed by atoms with Crippen molar-refractivity contribution in [3.05, 3.63) is 12.7 Å². The van der Waals surface area contributed by atoms with Crippen molar-refractivity contribution in [1.29, 1.82) is 0 Å². The molecular formula is C12H20O3. The van der Waals surface area contributed by atoms with Gasteiger partial charge in [-0.1, -0.05) is 19.9 Å². The average molecular weight is 212 g/mol. The predicted molar refractivity (Wildman–Crippen MR) is 57.3 cm³/mol. The van der Waals surface area contributed by atoms with E-state index in [4.69, 9.17) is 14.2 Å². The first kappa shape index (κ1) is 11.1. The Bertz CT molecular complexity index is 274. The predicted octanol–water partition coefficient (Wildman–Crippen LogP) is 2.47. The van der Waals surface area contributed by atoms with Crippen molar-refractivity contribution in [3.63, 3.8) is 0 Å². The molecule has 0 aromatic carbocycles. The molecule has 0 aromatic rings. The van der Waals surface area contributed by atoms with Gasteiger partial charge in [-0.05, 0) is 20.3 Å². The Kier molecular flexibility index (Phi) is 2.45. The van der Waals surface area contributed by atoms with Crippen LogP contribution in [-0.2, 0) is 14.2 Å². The molecule has 86 valence electrons. The lowest BCUT2D eigenvalue weighted by Gasteiger charge is -2.31. The third-order valence-electron chi connectivity index (χ3n) is 3.59. The van der Waals surface area contributed by atoms with Gasteiger partial charge in [-0.3, -0.25) is 0 Å². The summed E-state index contributed by atoms with van der Waals surface area (Å²) in [4.78, 5) is 0. The molecule has 0 aromatic heterocycles. The molecule has 3 nitrogen and oxygen atoms in total. The number of ether oxygens (including phenoxy) is 3. The maximum Gasteiger partial charge on any atom is 0.188 e. The highest BCUT2D eigenvalue weighted by molar-refractivity contribution is 5.09. The van der Waals surface area contributed by atoms with Gasteiger partial charge in [-0.25, -0.2) is 0 Å². The second-order valence-corrected chi connectivity index (χ2v) is 4.89. The molecule has 0 unspecified atom stereocenters. The molecule has 0 spiro atoms. The SMILES string of the molecule is C=C[C@@]1(CC)O[C@@H]2OC(C)(C)O[C@@H]2[C@H]1C. The molecule has 0 radical (unpaired) electrons. The molecule has 2 rings (SSSR count). The molecule has 2 fully saturated rings. The van der Waals surface area contributed by atoms with E-state index >= 15 is 0 Å². The van der Waals surface area contributed by atoms with E-state index in [2.05, 4.69) is 20.4 Å². The molecule has 0 amide bonds. The van der Waals surface area contributed by atoms with Crippen molar-refractivity contribution in [1.82, 2.24) is 0 Å². The van der Waals surface area contributed by atoms with E-state index < -0.39 is 5.79 Å². The third kappa shape index (κ3) is 1.53. The fraction of sp³-hybridized carbons (Fsp3) is 0.833. The van der Waals surface area contributed by atoms with Crippen molar-refractivity contribution in [2.24, 2.45) is 5.92 Å². The Morgan fingerprint density at radius 1 is 1.27 bits per heavy atom. The Labute approximate surface area is 91.4 Å². The van der Waals surface area contributed by atoms with Crippen molar-refractivity contribution in [2.75, 3.05) is 0 Å². The van der Waals surface area contributed by atoms with Crippen molar-refractivity contribution in [3.8, 4) is 0 Å². The van der Waals surface area contributed by atoms with E-state index in [-0.39, 0.29) is 23.9 Å². The Morgan fingerprint density at radius 2 is 1.93 bits per heavy atom. The van der Waals surface area contributed by atoms with E-state index in [1.807, 2.05) is 19.9 Å². The highest BCUT2D eigenvalue weighted by Gasteiger charge is 2.57. The highest BCUT2D eigenvalue weighted by Crippen LogP contribution is 2.47. The summed E-state index contributed by atoms with van der Waals surface area (Å²) in [5.41, 5.74) is -0.286. The fourth-order valence-electron chi connectivity index (χ4n) is 2.57. The van der Waals surface area contributed by atoms with Crippen LogP contribution in [0.5, 0.6) is 0 Å². The zero-order chi connectivity index (χ0) is 11.3. The molecule has 2 heterocycles. The van der Waals surface area contributed by atoms with Crippen LogP contribution in [0.3, 0.4) is 0 Å². The van der Waals surface area contributed by atoms with Gasteiger partial charge in [0.15, 0.2) is 12.1 Å². The Hall–Kier alpha value is -0.380. The number of hydrogen-bond acceptors (Lipinski definition) is 3. The summed E-state index contributed by atoms with van der Waals surface area (Å²) in [6.07, 6.45) is 2.57. The van der Waals surface area contributed by atoms with E-state index in [0.29, 0.717) is 0 Å². The molecule has 2 aliphatic heterocycles. The average Bonchev–Trinajstić information content (AvgIpc) is 2.59. The molecule has 2 saturated heterocycles. The monoisotopic (exact) mass is 212 g/mol. The largest absolute Gasteiger partial charge is 0.341 e. The van der Waals surface area contributed by atoms with Gasteiger partial charge < -0.3 is 14.2 Å². The lowest BCUT2D eigenvalue weighted by Crippen LogP contribution is -2.37. The minimum Gasteiger partial charge on any atom is -0.341 e. The Balaban J connectivity index is 2.21. The van der Waals surface area contributed by atoms with Crippen LogP contribution in [-0.4, -0.2) is 23.8 Å². The zero-order valence-corrected chi connectivity index (χ0v) is 9.95. The van der Waals surface area contributed by atoms with Crippen LogP contribution in [0.4, 0.5) is 0 Å². The van der Waals surface area contributed by atoms with Gasteiger partial charge in [0.2, 0.25) is 0 Å². The summed E-state index contributed by atoms with van der Waals surface area (Å²) in [6, 6.07) is 0. The normalized spacial score (nSPS) is 47.9. The van der Waals surface area contributed by atoms with Crippen LogP contribution in [0.15, 0.2) is 12.7 Å². The second-order valence-electron chi connectivity index (χ2n) is 4.89. The zero-order valence-electron chi connectivity index (χ0n) is 9.95. The van der Waals surface area contributed by atoms with Gasteiger partial charge in [0.05, 0.1) is 5.60 Å². The first-order valence-corrected chi connectivity index (χ1v) is 5.61. The van der Waals surface area contributed by atoms with Crippen LogP contribution in [0.1, 0.15) is 34.1 Å². The van der Waals surface area contributed by atoms with Gasteiger partial charge in [-0.2, -0.15) is 0 Å². The van der Waals surface area contributed by atoms with Crippen LogP contribution in [0.2, 0.25) is 0 Å². The number of hydrogen-bond donors (Lipinski definition) is 0. The van der Waals surface area contributed by atoms with Crippen LogP contribution >= 0.6 is 0 Å². The molecule has 0 aliphatic carbocycles. The first-order chi connectivity index (χ1) is 6.94. The summed E-state index contributed by atoms with van der Waals surface area (Å²) in [7, 11) is 0. The summed E-state index contributed by atoms with van der Waals surface area (Å²) in [6.45, 7) is 11.9. The standard InChI is InChI=1S/C12H20O3/c1-6-12(7-2)8(3)9-10(15-12)14-11(4,5)13-9/h6,8-10H,1,7H2,2-5H3/t8-,9-,10+,12+/m1/s1. The minimum absolute atomic E-state index is 0.0259. The molecule has 0 saturated carbocycles. The fourth-order valence-corrected chi connectivity index (χ4v) is 2.57. The summed E-state index contributed by atoms with van der Waals surface area (Å²) >= 11 is 0. The maximum absolute atomic E-state index is 5.95. The summed E-state index contributed by atoms with van der Waals surface area (Å²) in [5.74, 6) is -0.239. The summed E-state index contributed by atoms with van der Waals surface area (Å²) in [5, 5.41) is 0. The number of rotatable bonds is 2. The van der Waals surface area contributed by atoms with Crippen molar-refractivity contribution < 1.29 is 14.2 Å². The van der Waals surface area contributed by atoms with Gasteiger partial charge in [-0.15, -0.1) is 6.58 Å². The molecule has 4 atom stereocenters. The third-order valence-corrected chi connectivity index (χ3v) is 3.59. The quantitative estimate of drug-likeness (QED) is 0.658. The minimum atomic E-state index is -0.523. The topological polar surface area (TPSA) is 27.7 Å². The van der Waals surface area contributed by atoms with Crippen molar-refractivity contribution in [2.45, 2.75) is 57.9 Å². The lowest BCUT2D eigenvalue weighted by molar-refractivity contribution is -0.223. The van der Waals surface area contributed by atoms with E-state index in [9.17, 15) is 0 Å². The Morgan fingerprint density at radius 3 is 2.40 bits per heavy atom. The van der Waals surface area contributed by atoms with E-state index in [1.54, 1.807) is 0 Å². The van der Waals surface area contributed by atoms with Crippen LogP contribution in [0.25, 0.3) is 0 Å². The highest BCUT2D eigenvalue weighted by atomic mass is 16.8. The van der Waals surface area contributed by atoms with Crippen molar-refractivity contribution >= 4 is 0 Å². The van der Waals surface area contributed by atoms with Crippen LogP contribution < -0.4 is 0 Å². The van der Waals surface area contributed by atoms with Gasteiger partial charge in [0, 0.05) is 5.92 Å². The van der Waals surface area contributed by atoms with Gasteiger partial charge in [0.25, 0.3) is 0 Å². The van der Waals surface area contributed by atoms with Gasteiger partial charge >= 0.3 is 0 Å². The van der Waals surface area contributed by atoms with Gasteiger partial charge in [0.1, 0.15) is 6.10 Å². The smallest absolute Gasteiger partial charge is 0.188 e. The molecule has 15 heavy (non-hydrogen) atoms. The second kappa shape index (κ2) is 3.30. The first-order valence-electron chi connectivity index (χ1n) is 5.61. The van der Waals surface area contributed by atoms with E-state index in [0.717, 1.165) is 6.42 Å². The molecule has 3 heteroatoms. The molecule has 0 bridgehead atoms. The molecule has 0 N–H and O–H groups in total. The maximum atomic E-state index is 5.95.